The number of aryl methyl sites for hydroxylation is 1. The fourth-order valence-corrected chi connectivity index (χ4v) is 6.70. The smallest absolute Gasteiger partial charge is 0.258 e. The minimum atomic E-state index is -3.71. The summed E-state index contributed by atoms with van der Waals surface area (Å²) in [6, 6.07) is 6.60. The third kappa shape index (κ3) is 5.55. The van der Waals surface area contributed by atoms with Crippen molar-refractivity contribution >= 4 is 39.1 Å². The predicted octanol–water partition coefficient (Wildman–Crippen LogP) is 2.11. The number of nitrogens with one attached hydrogen (secondary N) is 2. The zero-order valence-corrected chi connectivity index (χ0v) is 23.0. The van der Waals surface area contributed by atoms with Crippen LogP contribution < -0.4 is 19.8 Å². The van der Waals surface area contributed by atoms with E-state index >= 15 is 0 Å². The molecule has 0 bridgehead atoms. The number of aromatic nitrogens is 2. The molecule has 0 atom stereocenters. The van der Waals surface area contributed by atoms with E-state index in [0.717, 1.165) is 38.8 Å². The number of β-amino-alcohol motifs (C(OH)–C–C–N with tert-alkyl or cyclic N) is 1. The number of amides is 1. The van der Waals surface area contributed by atoms with E-state index < -0.39 is 28.0 Å². The molecule has 1 aromatic carbocycles. The molecule has 1 amide bonds. The number of carbonyl (C=O) groups excluding carboxylic acids is 1. The number of aliphatic hydroxyl groups is 2. The maximum absolute atomic E-state index is 13.6. The topological polar surface area (TPSA) is 148 Å². The van der Waals surface area contributed by atoms with Gasteiger partial charge in [0.25, 0.3) is 5.91 Å². The van der Waals surface area contributed by atoms with Crippen LogP contribution >= 0.6 is 0 Å². The first-order valence-electron chi connectivity index (χ1n) is 13.7. The molecule has 2 aliphatic carbocycles. The Hall–Kier alpha value is -2.96. The Morgan fingerprint density at radius 1 is 1.08 bits per heavy atom. The monoisotopic (exact) mass is 556 g/mol. The third-order valence-corrected chi connectivity index (χ3v) is 9.90. The molecule has 4 aliphatic rings. The van der Waals surface area contributed by atoms with Gasteiger partial charge >= 0.3 is 0 Å². The van der Waals surface area contributed by atoms with Gasteiger partial charge in [0.2, 0.25) is 16.0 Å². The number of sulfonamides is 1. The SMILES string of the molecule is Cc1cc(NC(=O)c2ccc(NS(=O)(=O)CCO)cc2N2CCC3(CC2)CC3)nc(N2CC(O)(C3CC3)C2)n1. The highest BCUT2D eigenvalue weighted by molar-refractivity contribution is 7.92. The molecule has 3 heterocycles. The average Bonchev–Trinajstić information content (AvgIpc) is 3.79. The standard InChI is InChI=1S/C27H36N6O5S/c1-18-14-23(30-25(28-18)33-16-27(36,17-33)19-2-3-19)29-24(35)21-5-4-20(31-39(37,38)13-12-34)15-22(21)32-10-8-26(6-7-26)9-11-32/h4-5,14-15,19,31,34,36H,2-3,6-13,16-17H2,1H3,(H,28,29,30,35). The van der Waals surface area contributed by atoms with Crippen molar-refractivity contribution in [3.8, 4) is 0 Å². The molecular formula is C27H36N6O5S. The maximum atomic E-state index is 13.6. The van der Waals surface area contributed by atoms with E-state index in [1.54, 1.807) is 24.3 Å². The van der Waals surface area contributed by atoms with Gasteiger partial charge < -0.3 is 25.3 Å². The number of benzene rings is 1. The van der Waals surface area contributed by atoms with Gasteiger partial charge in [-0.05, 0) is 75.0 Å². The molecule has 4 N–H and O–H groups in total. The van der Waals surface area contributed by atoms with Gasteiger partial charge in [-0.1, -0.05) is 0 Å². The van der Waals surface area contributed by atoms with Crippen LogP contribution in [-0.4, -0.2) is 78.6 Å². The van der Waals surface area contributed by atoms with E-state index in [4.69, 9.17) is 5.11 Å². The van der Waals surface area contributed by atoms with Gasteiger partial charge in [-0.25, -0.2) is 13.4 Å². The highest BCUT2D eigenvalue weighted by atomic mass is 32.2. The van der Waals surface area contributed by atoms with Crippen LogP contribution in [-0.2, 0) is 10.0 Å². The Kier molecular flexibility index (Phi) is 6.47. The zero-order chi connectivity index (χ0) is 27.4. The number of nitrogens with zero attached hydrogens (tertiary/aromatic N) is 4. The molecule has 2 aromatic rings. The number of rotatable bonds is 9. The molecule has 0 radical (unpaired) electrons. The lowest BCUT2D eigenvalue weighted by atomic mass is 9.89. The van der Waals surface area contributed by atoms with E-state index in [0.29, 0.717) is 58.8 Å². The normalized spacial score (nSPS) is 21.4. The lowest BCUT2D eigenvalue weighted by Crippen LogP contribution is -2.63. The van der Waals surface area contributed by atoms with Crippen molar-refractivity contribution in [2.45, 2.75) is 51.0 Å². The average molecular weight is 557 g/mol. The van der Waals surface area contributed by atoms with Gasteiger partial charge in [0.15, 0.2) is 0 Å². The molecule has 39 heavy (non-hydrogen) atoms. The maximum Gasteiger partial charge on any atom is 0.258 e. The number of hydrogen-bond acceptors (Lipinski definition) is 9. The van der Waals surface area contributed by atoms with Gasteiger partial charge in [-0.15, -0.1) is 0 Å². The van der Waals surface area contributed by atoms with Crippen molar-refractivity contribution in [2.24, 2.45) is 11.3 Å². The summed E-state index contributed by atoms with van der Waals surface area (Å²) < 4.78 is 27.1. The van der Waals surface area contributed by atoms with Crippen LogP contribution in [0.15, 0.2) is 24.3 Å². The van der Waals surface area contributed by atoms with Crippen molar-refractivity contribution in [1.29, 1.82) is 0 Å². The summed E-state index contributed by atoms with van der Waals surface area (Å²) >= 11 is 0. The van der Waals surface area contributed by atoms with Crippen LogP contribution in [0.1, 0.15) is 54.6 Å². The number of aliphatic hydroxyl groups excluding tert-OH is 1. The summed E-state index contributed by atoms with van der Waals surface area (Å²) in [5.41, 5.74) is 1.92. The van der Waals surface area contributed by atoms with E-state index in [9.17, 15) is 18.3 Å². The largest absolute Gasteiger partial charge is 0.395 e. The van der Waals surface area contributed by atoms with Crippen molar-refractivity contribution in [1.82, 2.24) is 9.97 Å². The van der Waals surface area contributed by atoms with Crippen molar-refractivity contribution in [3.05, 3.63) is 35.5 Å². The fraction of sp³-hybridized carbons (Fsp3) is 0.593. The van der Waals surface area contributed by atoms with Gasteiger partial charge in [-0.3, -0.25) is 9.52 Å². The molecule has 2 aliphatic heterocycles. The van der Waals surface area contributed by atoms with Gasteiger partial charge in [0, 0.05) is 24.8 Å². The molecule has 210 valence electrons. The van der Waals surface area contributed by atoms with Crippen molar-refractivity contribution in [3.63, 3.8) is 0 Å². The van der Waals surface area contributed by atoms with Crippen LogP contribution in [0, 0.1) is 18.3 Å². The molecule has 1 spiro atoms. The van der Waals surface area contributed by atoms with Crippen LogP contribution in [0.25, 0.3) is 0 Å². The first-order valence-corrected chi connectivity index (χ1v) is 15.4. The fourth-order valence-electron chi connectivity index (χ4n) is 5.88. The Bertz CT molecular complexity index is 1380. The molecule has 0 unspecified atom stereocenters. The Labute approximate surface area is 228 Å². The third-order valence-electron chi connectivity index (χ3n) is 8.63. The first kappa shape index (κ1) is 26.3. The number of hydrogen-bond donors (Lipinski definition) is 4. The first-order chi connectivity index (χ1) is 18.6. The van der Waals surface area contributed by atoms with Crippen LogP contribution in [0.5, 0.6) is 0 Å². The van der Waals surface area contributed by atoms with Gasteiger partial charge in [-0.2, -0.15) is 4.98 Å². The summed E-state index contributed by atoms with van der Waals surface area (Å²) in [4.78, 5) is 26.7. The quantitative estimate of drug-likeness (QED) is 0.364. The van der Waals surface area contributed by atoms with E-state index in [1.807, 2.05) is 11.8 Å². The molecule has 6 rings (SSSR count). The van der Waals surface area contributed by atoms with E-state index in [2.05, 4.69) is 24.9 Å². The van der Waals surface area contributed by atoms with Crippen LogP contribution in [0.4, 0.5) is 23.1 Å². The highest BCUT2D eigenvalue weighted by Crippen LogP contribution is 2.54. The summed E-state index contributed by atoms with van der Waals surface area (Å²) in [6.07, 6.45) is 6.71. The van der Waals surface area contributed by atoms with Gasteiger partial charge in [0.1, 0.15) is 11.4 Å². The number of anilines is 4. The van der Waals surface area contributed by atoms with Crippen LogP contribution in [0.2, 0.25) is 0 Å². The molecule has 12 heteroatoms. The molecule has 11 nitrogen and oxygen atoms in total. The van der Waals surface area contributed by atoms with E-state index in [1.165, 1.54) is 12.8 Å². The Morgan fingerprint density at radius 2 is 1.79 bits per heavy atom. The zero-order valence-electron chi connectivity index (χ0n) is 22.2. The lowest BCUT2D eigenvalue weighted by Gasteiger charge is -2.47. The minimum absolute atomic E-state index is 0.344. The highest BCUT2D eigenvalue weighted by Gasteiger charge is 2.52. The minimum Gasteiger partial charge on any atom is -0.395 e. The molecule has 2 saturated heterocycles. The predicted molar refractivity (Wildman–Crippen MR) is 149 cm³/mol. The summed E-state index contributed by atoms with van der Waals surface area (Å²) in [5, 5.41) is 22.7. The van der Waals surface area contributed by atoms with Crippen LogP contribution in [0.3, 0.4) is 0 Å². The van der Waals surface area contributed by atoms with Crippen molar-refractivity contribution in [2.75, 3.05) is 58.4 Å². The Morgan fingerprint density at radius 3 is 2.44 bits per heavy atom. The second-order valence-corrected chi connectivity index (χ2v) is 13.6. The summed E-state index contributed by atoms with van der Waals surface area (Å²) in [5.74, 6) is 0.468. The molecule has 2 saturated carbocycles. The molecule has 4 fully saturated rings. The van der Waals surface area contributed by atoms with Gasteiger partial charge in [0.05, 0.1) is 42.4 Å². The molecular weight excluding hydrogens is 520 g/mol. The van der Waals surface area contributed by atoms with Crippen molar-refractivity contribution < 1.29 is 23.4 Å². The van der Waals surface area contributed by atoms with E-state index in [-0.39, 0.29) is 5.91 Å². The lowest BCUT2D eigenvalue weighted by molar-refractivity contribution is -0.0102. The number of carbonyl (C=O) groups is 1. The number of piperidine rings is 1. The summed E-state index contributed by atoms with van der Waals surface area (Å²) in [6.45, 7) is 3.93. The molecule has 1 aromatic heterocycles. The second kappa shape index (κ2) is 9.60. The second-order valence-electron chi connectivity index (χ2n) is 11.7. The Balaban J connectivity index is 1.23. The summed E-state index contributed by atoms with van der Waals surface area (Å²) in [7, 11) is -3.71.